The van der Waals surface area contributed by atoms with Crippen molar-refractivity contribution in [1.29, 1.82) is 0 Å². The van der Waals surface area contributed by atoms with Crippen LogP contribution in [0.15, 0.2) is 30.6 Å². The zero-order valence-electron chi connectivity index (χ0n) is 23.6. The summed E-state index contributed by atoms with van der Waals surface area (Å²) in [7, 11) is 1.56. The summed E-state index contributed by atoms with van der Waals surface area (Å²) >= 11 is 0. The number of aromatic nitrogens is 4. The van der Waals surface area contributed by atoms with Crippen molar-refractivity contribution in [2.24, 2.45) is 0 Å². The number of carbonyl (C=O) groups excluding carboxylic acids is 1. The first-order valence-electron chi connectivity index (χ1n) is 14.3. The Morgan fingerprint density at radius 3 is 2.57 bits per heavy atom. The fraction of sp³-hybridized carbons (Fsp3) is 0.517. The summed E-state index contributed by atoms with van der Waals surface area (Å²) in [4.78, 5) is 28.4. The molecule has 1 atom stereocenters. The van der Waals surface area contributed by atoms with Gasteiger partial charge in [-0.1, -0.05) is 0 Å². The lowest BCUT2D eigenvalue weighted by Gasteiger charge is -2.35. The van der Waals surface area contributed by atoms with Crippen LogP contribution in [-0.4, -0.2) is 86.8 Å². The van der Waals surface area contributed by atoms with Crippen LogP contribution in [0.5, 0.6) is 5.75 Å². The second kappa shape index (κ2) is 11.2. The molecule has 3 aromatic rings. The molecule has 2 fully saturated rings. The zero-order chi connectivity index (χ0) is 29.6. The SMILES string of the molecule is CCn1cc(-c2nc3c(nc2N2CCC(Oc4ccc(F)cc4F)CC2)CCN(C(=O)C2CC(F)(F)CN2C)C3)cn1. The van der Waals surface area contributed by atoms with Gasteiger partial charge in [0.15, 0.2) is 17.4 Å². The number of aryl methyl sites for hydroxylation is 1. The third-order valence-electron chi connectivity index (χ3n) is 8.25. The average molecular weight is 588 g/mol. The van der Waals surface area contributed by atoms with E-state index in [0.717, 1.165) is 17.3 Å². The molecule has 9 nitrogen and oxygen atoms in total. The Bertz CT molecular complexity index is 1470. The molecule has 0 bridgehead atoms. The average Bonchev–Trinajstić information content (AvgIpc) is 3.56. The zero-order valence-corrected chi connectivity index (χ0v) is 23.6. The smallest absolute Gasteiger partial charge is 0.262 e. The van der Waals surface area contributed by atoms with Crippen molar-refractivity contribution in [3.63, 3.8) is 0 Å². The summed E-state index contributed by atoms with van der Waals surface area (Å²) in [5, 5.41) is 4.41. The molecule has 224 valence electrons. The van der Waals surface area contributed by atoms with E-state index in [1.165, 1.54) is 17.0 Å². The molecule has 0 spiro atoms. The molecule has 3 aliphatic rings. The monoisotopic (exact) mass is 587 g/mol. The second-order valence-electron chi connectivity index (χ2n) is 11.3. The standard InChI is InChI=1S/C29H33F4N7O2/c1-3-40-15-18(14-34-40)26-27(38-9-6-20(7-10-38)42-25-5-4-19(30)12-21(25)31)36-22-8-11-39(16-23(22)35-26)28(41)24-13-29(32,33)17-37(24)2/h4-5,12,14-15,20,24H,3,6-11,13,16-17H2,1-2H3. The van der Waals surface area contributed by atoms with Crippen LogP contribution in [0.3, 0.4) is 0 Å². The van der Waals surface area contributed by atoms with E-state index in [-0.39, 0.29) is 24.3 Å². The molecule has 2 saturated heterocycles. The lowest BCUT2D eigenvalue weighted by Crippen LogP contribution is -2.46. The van der Waals surface area contributed by atoms with Gasteiger partial charge in [0.25, 0.3) is 5.92 Å². The van der Waals surface area contributed by atoms with Gasteiger partial charge in [-0.2, -0.15) is 5.10 Å². The molecular weight excluding hydrogens is 554 g/mol. The van der Waals surface area contributed by atoms with Gasteiger partial charge in [-0.3, -0.25) is 14.4 Å². The first-order chi connectivity index (χ1) is 20.1. The van der Waals surface area contributed by atoms with Gasteiger partial charge in [0.05, 0.1) is 36.7 Å². The Balaban J connectivity index is 1.23. The number of alkyl halides is 2. The van der Waals surface area contributed by atoms with Crippen molar-refractivity contribution in [3.05, 3.63) is 53.6 Å². The van der Waals surface area contributed by atoms with Gasteiger partial charge < -0.3 is 14.5 Å². The number of anilines is 1. The van der Waals surface area contributed by atoms with Crippen LogP contribution in [0.25, 0.3) is 11.3 Å². The topological polar surface area (TPSA) is 79.6 Å². The Morgan fingerprint density at radius 1 is 1.12 bits per heavy atom. The van der Waals surface area contributed by atoms with Crippen molar-refractivity contribution in [2.45, 2.75) is 63.8 Å². The lowest BCUT2D eigenvalue weighted by molar-refractivity contribution is -0.136. The van der Waals surface area contributed by atoms with E-state index in [1.807, 2.05) is 13.1 Å². The van der Waals surface area contributed by atoms with Crippen LogP contribution in [0.2, 0.25) is 0 Å². The molecule has 2 aromatic heterocycles. The summed E-state index contributed by atoms with van der Waals surface area (Å²) in [6, 6.07) is 2.43. The minimum Gasteiger partial charge on any atom is -0.487 e. The minimum atomic E-state index is -2.88. The molecule has 1 amide bonds. The number of halogens is 4. The number of hydrogen-bond donors (Lipinski definition) is 0. The Morgan fingerprint density at radius 2 is 1.90 bits per heavy atom. The van der Waals surface area contributed by atoms with Gasteiger partial charge in [-0.25, -0.2) is 27.5 Å². The highest BCUT2D eigenvalue weighted by Crippen LogP contribution is 2.35. The molecule has 0 aliphatic carbocycles. The number of fused-ring (bicyclic) bond motifs is 1. The molecule has 0 saturated carbocycles. The largest absolute Gasteiger partial charge is 0.487 e. The van der Waals surface area contributed by atoms with Crippen LogP contribution >= 0.6 is 0 Å². The number of hydrogen-bond acceptors (Lipinski definition) is 7. The summed E-state index contributed by atoms with van der Waals surface area (Å²) in [5.74, 6) is -3.84. The highest BCUT2D eigenvalue weighted by Gasteiger charge is 2.47. The van der Waals surface area contributed by atoms with Crippen LogP contribution < -0.4 is 9.64 Å². The third-order valence-corrected chi connectivity index (χ3v) is 8.25. The van der Waals surface area contributed by atoms with Gasteiger partial charge in [0.1, 0.15) is 17.6 Å². The van der Waals surface area contributed by atoms with E-state index in [9.17, 15) is 22.4 Å². The summed E-state index contributed by atoms with van der Waals surface area (Å²) in [6.07, 6.45) is 4.58. The van der Waals surface area contributed by atoms with E-state index < -0.39 is 36.6 Å². The molecule has 1 aromatic carbocycles. The number of amides is 1. The van der Waals surface area contributed by atoms with Gasteiger partial charge in [0.2, 0.25) is 5.91 Å². The number of likely N-dealkylation sites (N-methyl/N-ethyl adjacent to an activating group) is 1. The van der Waals surface area contributed by atoms with Crippen molar-refractivity contribution in [3.8, 4) is 17.0 Å². The van der Waals surface area contributed by atoms with E-state index in [1.54, 1.807) is 22.8 Å². The van der Waals surface area contributed by atoms with Crippen LogP contribution in [0, 0.1) is 11.6 Å². The van der Waals surface area contributed by atoms with Gasteiger partial charge in [-0.15, -0.1) is 0 Å². The van der Waals surface area contributed by atoms with E-state index in [2.05, 4.69) is 10.00 Å². The number of carbonyl (C=O) groups is 1. The Labute approximate surface area is 241 Å². The first-order valence-corrected chi connectivity index (χ1v) is 14.3. The van der Waals surface area contributed by atoms with Crippen molar-refractivity contribution in [2.75, 3.05) is 38.1 Å². The maximum Gasteiger partial charge on any atom is 0.262 e. The Kier molecular flexibility index (Phi) is 7.54. The lowest BCUT2D eigenvalue weighted by atomic mass is 10.0. The number of likely N-dealkylation sites (tertiary alicyclic amines) is 1. The molecular formula is C29H33F4N7O2. The highest BCUT2D eigenvalue weighted by molar-refractivity contribution is 5.82. The number of piperidine rings is 1. The van der Waals surface area contributed by atoms with Crippen LogP contribution in [0.1, 0.15) is 37.6 Å². The van der Waals surface area contributed by atoms with Crippen molar-refractivity contribution in [1.82, 2.24) is 29.5 Å². The molecule has 42 heavy (non-hydrogen) atoms. The van der Waals surface area contributed by atoms with Crippen molar-refractivity contribution < 1.29 is 27.1 Å². The summed E-state index contributed by atoms with van der Waals surface area (Å²) < 4.78 is 63.0. The summed E-state index contributed by atoms with van der Waals surface area (Å²) in [5.41, 5.74) is 2.84. The molecule has 6 rings (SSSR count). The fourth-order valence-electron chi connectivity index (χ4n) is 5.98. The van der Waals surface area contributed by atoms with E-state index >= 15 is 0 Å². The first kappa shape index (κ1) is 28.4. The maximum absolute atomic E-state index is 14.1. The molecule has 13 heteroatoms. The number of rotatable bonds is 6. The van der Waals surface area contributed by atoms with Gasteiger partial charge >= 0.3 is 0 Å². The number of benzene rings is 1. The van der Waals surface area contributed by atoms with Gasteiger partial charge in [-0.05, 0) is 26.1 Å². The highest BCUT2D eigenvalue weighted by atomic mass is 19.3. The second-order valence-corrected chi connectivity index (χ2v) is 11.3. The molecule has 3 aliphatic heterocycles. The van der Waals surface area contributed by atoms with Crippen LogP contribution in [0.4, 0.5) is 23.4 Å². The fourth-order valence-corrected chi connectivity index (χ4v) is 5.98. The quantitative estimate of drug-likeness (QED) is 0.405. The van der Waals surface area contributed by atoms with E-state index in [0.29, 0.717) is 62.6 Å². The molecule has 1 unspecified atom stereocenters. The predicted molar refractivity (Wildman–Crippen MR) is 146 cm³/mol. The number of nitrogens with zero attached hydrogens (tertiary/aromatic N) is 7. The molecule has 5 heterocycles. The molecule has 0 radical (unpaired) electrons. The Hall–Kier alpha value is -3.74. The predicted octanol–water partition coefficient (Wildman–Crippen LogP) is 3.91. The third kappa shape index (κ3) is 5.66. The van der Waals surface area contributed by atoms with Crippen LogP contribution in [-0.2, 0) is 24.3 Å². The van der Waals surface area contributed by atoms with E-state index in [4.69, 9.17) is 14.7 Å². The number of ether oxygens (including phenoxy) is 1. The van der Waals surface area contributed by atoms with Gasteiger partial charge in [0, 0.05) is 69.7 Å². The molecule has 0 N–H and O–H groups in total. The normalized spacial score (nSPS) is 21.0. The minimum absolute atomic E-state index is 0.0303. The van der Waals surface area contributed by atoms with Crippen molar-refractivity contribution >= 4 is 11.7 Å². The summed E-state index contributed by atoms with van der Waals surface area (Å²) in [6.45, 7) is 3.98. The maximum atomic E-state index is 14.1.